The number of hydrogen-bond acceptors (Lipinski definition) is 4. The van der Waals surface area contributed by atoms with Gasteiger partial charge in [-0.3, -0.25) is 0 Å². The number of nitrogens with one attached hydrogen (secondary N) is 1. The Hall–Kier alpha value is -1.47. The fourth-order valence-corrected chi connectivity index (χ4v) is 2.98. The van der Waals surface area contributed by atoms with Crippen molar-refractivity contribution in [3.05, 3.63) is 42.5 Å². The van der Waals surface area contributed by atoms with Gasteiger partial charge in [0.1, 0.15) is 0 Å². The summed E-state index contributed by atoms with van der Waals surface area (Å²) in [4.78, 5) is 4.60. The Kier molecular flexibility index (Phi) is 3.93. The van der Waals surface area contributed by atoms with E-state index < -0.39 is 10.0 Å². The van der Waals surface area contributed by atoms with E-state index in [-0.39, 0.29) is 18.0 Å². The summed E-state index contributed by atoms with van der Waals surface area (Å²) >= 11 is 0. The standard InChI is InChI=1S/C12H14N2O3S/c13-17-9-8-14-18(15,16)12-7-3-5-10-4-1-2-6-11(10)12/h1-7,14H,8-9,13H2. The summed E-state index contributed by atoms with van der Waals surface area (Å²) < 4.78 is 26.7. The zero-order valence-electron chi connectivity index (χ0n) is 9.67. The molecule has 96 valence electrons. The first-order valence-electron chi connectivity index (χ1n) is 5.44. The van der Waals surface area contributed by atoms with Gasteiger partial charge >= 0.3 is 0 Å². The van der Waals surface area contributed by atoms with Crippen molar-refractivity contribution in [2.45, 2.75) is 4.90 Å². The van der Waals surface area contributed by atoms with Crippen molar-refractivity contribution in [2.24, 2.45) is 5.90 Å². The van der Waals surface area contributed by atoms with Crippen molar-refractivity contribution in [1.29, 1.82) is 0 Å². The van der Waals surface area contributed by atoms with E-state index in [1.54, 1.807) is 18.2 Å². The number of hydrogen-bond donors (Lipinski definition) is 2. The fourth-order valence-electron chi connectivity index (χ4n) is 1.74. The van der Waals surface area contributed by atoms with Gasteiger partial charge in [0.15, 0.2) is 0 Å². The summed E-state index contributed by atoms with van der Waals surface area (Å²) in [7, 11) is -3.54. The Morgan fingerprint density at radius 1 is 1.11 bits per heavy atom. The summed E-state index contributed by atoms with van der Waals surface area (Å²) in [5.41, 5.74) is 0. The molecule has 0 spiro atoms. The zero-order chi connectivity index (χ0) is 13.0. The first-order valence-corrected chi connectivity index (χ1v) is 6.92. The van der Waals surface area contributed by atoms with Crippen LogP contribution in [0.4, 0.5) is 0 Å². The van der Waals surface area contributed by atoms with Gasteiger partial charge in [-0.15, -0.1) is 0 Å². The number of nitrogens with two attached hydrogens (primary N) is 1. The summed E-state index contributed by atoms with van der Waals surface area (Å²) in [6.45, 7) is 0.270. The normalized spacial score (nSPS) is 11.8. The quantitative estimate of drug-likeness (QED) is 0.625. The van der Waals surface area contributed by atoms with Crippen LogP contribution < -0.4 is 10.6 Å². The maximum atomic E-state index is 12.1. The van der Waals surface area contributed by atoms with Crippen LogP contribution in [0.25, 0.3) is 10.8 Å². The molecule has 0 aromatic heterocycles. The Bertz CT molecular complexity index is 635. The molecule has 0 aliphatic carbocycles. The Labute approximate surface area is 106 Å². The number of fused-ring (bicyclic) bond motifs is 1. The molecular weight excluding hydrogens is 252 g/mol. The summed E-state index contributed by atoms with van der Waals surface area (Å²) in [5, 5.41) is 1.58. The lowest BCUT2D eigenvalue weighted by Gasteiger charge is -2.08. The highest BCUT2D eigenvalue weighted by atomic mass is 32.2. The van der Waals surface area contributed by atoms with E-state index >= 15 is 0 Å². The second kappa shape index (κ2) is 5.45. The molecule has 18 heavy (non-hydrogen) atoms. The highest BCUT2D eigenvalue weighted by molar-refractivity contribution is 7.89. The first kappa shape index (κ1) is 13.0. The van der Waals surface area contributed by atoms with Gasteiger partial charge in [-0.2, -0.15) is 0 Å². The fraction of sp³-hybridized carbons (Fsp3) is 0.167. The van der Waals surface area contributed by atoms with E-state index in [0.717, 1.165) is 5.39 Å². The van der Waals surface area contributed by atoms with Crippen molar-refractivity contribution < 1.29 is 13.3 Å². The Balaban J connectivity index is 2.41. The van der Waals surface area contributed by atoms with Gasteiger partial charge in [0.25, 0.3) is 0 Å². The minimum atomic E-state index is -3.54. The molecule has 0 saturated heterocycles. The molecule has 0 aliphatic rings. The third kappa shape index (κ3) is 2.68. The molecule has 2 rings (SSSR count). The van der Waals surface area contributed by atoms with E-state index in [1.165, 1.54) is 0 Å². The molecule has 2 aromatic carbocycles. The molecule has 0 unspecified atom stereocenters. The SMILES string of the molecule is NOCCNS(=O)(=O)c1cccc2ccccc12. The van der Waals surface area contributed by atoms with Crippen molar-refractivity contribution in [3.8, 4) is 0 Å². The topological polar surface area (TPSA) is 81.4 Å². The van der Waals surface area contributed by atoms with Crippen LogP contribution in [0, 0.1) is 0 Å². The lowest BCUT2D eigenvalue weighted by molar-refractivity contribution is 0.143. The molecule has 5 nitrogen and oxygen atoms in total. The molecule has 3 N–H and O–H groups in total. The van der Waals surface area contributed by atoms with Crippen molar-refractivity contribution in [3.63, 3.8) is 0 Å². The number of rotatable bonds is 5. The highest BCUT2D eigenvalue weighted by Crippen LogP contribution is 2.22. The molecule has 0 fully saturated rings. The van der Waals surface area contributed by atoms with E-state index in [2.05, 4.69) is 9.56 Å². The third-order valence-electron chi connectivity index (χ3n) is 2.55. The lowest BCUT2D eigenvalue weighted by atomic mass is 10.1. The predicted molar refractivity (Wildman–Crippen MR) is 69.3 cm³/mol. The molecule has 0 radical (unpaired) electrons. The number of sulfonamides is 1. The summed E-state index contributed by atoms with van der Waals surface area (Å²) in [6, 6.07) is 12.5. The average molecular weight is 266 g/mol. The maximum absolute atomic E-state index is 12.1. The van der Waals surface area contributed by atoms with Gasteiger partial charge in [-0.05, 0) is 11.5 Å². The van der Waals surface area contributed by atoms with Crippen LogP contribution >= 0.6 is 0 Å². The Morgan fingerprint density at radius 2 is 1.83 bits per heavy atom. The monoisotopic (exact) mass is 266 g/mol. The van der Waals surface area contributed by atoms with Crippen molar-refractivity contribution in [1.82, 2.24) is 4.72 Å². The molecule has 2 aromatic rings. The van der Waals surface area contributed by atoms with E-state index in [9.17, 15) is 8.42 Å². The average Bonchev–Trinajstić information content (AvgIpc) is 2.38. The number of benzene rings is 2. The molecule has 0 amide bonds. The largest absolute Gasteiger partial charge is 0.303 e. The molecular formula is C12H14N2O3S. The van der Waals surface area contributed by atoms with Crippen LogP contribution in [-0.2, 0) is 14.9 Å². The second-order valence-corrected chi connectivity index (χ2v) is 5.48. The molecule has 0 bridgehead atoms. The van der Waals surface area contributed by atoms with Crippen molar-refractivity contribution in [2.75, 3.05) is 13.2 Å². The summed E-state index contributed by atoms with van der Waals surface area (Å²) in [5.74, 6) is 4.85. The van der Waals surface area contributed by atoms with E-state index in [1.807, 2.05) is 24.3 Å². The molecule has 0 aliphatic heterocycles. The van der Waals surface area contributed by atoms with Gasteiger partial charge in [0.05, 0.1) is 11.5 Å². The third-order valence-corrected chi connectivity index (χ3v) is 4.07. The smallest absolute Gasteiger partial charge is 0.241 e. The van der Waals surface area contributed by atoms with Gasteiger partial charge in [0.2, 0.25) is 10.0 Å². The first-order chi connectivity index (χ1) is 8.65. The van der Waals surface area contributed by atoms with Crippen LogP contribution in [-0.4, -0.2) is 21.6 Å². The van der Waals surface area contributed by atoms with Gasteiger partial charge in [-0.25, -0.2) is 19.0 Å². The molecule has 0 saturated carbocycles. The van der Waals surface area contributed by atoms with Gasteiger partial charge in [0, 0.05) is 11.9 Å². The second-order valence-electron chi connectivity index (χ2n) is 3.75. The minimum Gasteiger partial charge on any atom is -0.303 e. The highest BCUT2D eigenvalue weighted by Gasteiger charge is 2.16. The minimum absolute atomic E-state index is 0.129. The van der Waals surface area contributed by atoms with Crippen LogP contribution in [0.3, 0.4) is 0 Å². The van der Waals surface area contributed by atoms with Crippen LogP contribution in [0.2, 0.25) is 0 Å². The van der Waals surface area contributed by atoms with Crippen LogP contribution in [0.15, 0.2) is 47.4 Å². The molecule has 0 atom stereocenters. The molecule has 6 heteroatoms. The van der Waals surface area contributed by atoms with E-state index in [0.29, 0.717) is 5.39 Å². The lowest BCUT2D eigenvalue weighted by Crippen LogP contribution is -2.28. The van der Waals surface area contributed by atoms with Crippen molar-refractivity contribution >= 4 is 20.8 Å². The predicted octanol–water partition coefficient (Wildman–Crippen LogP) is 1.01. The maximum Gasteiger partial charge on any atom is 0.241 e. The zero-order valence-corrected chi connectivity index (χ0v) is 10.5. The van der Waals surface area contributed by atoms with Crippen LogP contribution in [0.5, 0.6) is 0 Å². The molecule has 0 heterocycles. The Morgan fingerprint density at radius 3 is 2.61 bits per heavy atom. The van der Waals surface area contributed by atoms with Gasteiger partial charge in [-0.1, -0.05) is 36.4 Å². The van der Waals surface area contributed by atoms with Gasteiger partial charge < -0.3 is 4.84 Å². The summed E-state index contributed by atoms with van der Waals surface area (Å²) in [6.07, 6.45) is 0. The van der Waals surface area contributed by atoms with E-state index in [4.69, 9.17) is 5.90 Å². The van der Waals surface area contributed by atoms with Crippen LogP contribution in [0.1, 0.15) is 0 Å².